The van der Waals surface area contributed by atoms with Crippen LogP contribution in [0.2, 0.25) is 10.0 Å². The lowest BCUT2D eigenvalue weighted by molar-refractivity contribution is 0.320. The van der Waals surface area contributed by atoms with Crippen LogP contribution in [0.4, 0.5) is 0 Å². The van der Waals surface area contributed by atoms with E-state index in [4.69, 9.17) is 23.2 Å². The lowest BCUT2D eigenvalue weighted by Gasteiger charge is -2.24. The molecule has 1 N–H and O–H groups in total. The molecule has 20 heavy (non-hydrogen) atoms. The molecule has 1 aromatic rings. The van der Waals surface area contributed by atoms with Crippen molar-refractivity contribution >= 4 is 23.2 Å². The van der Waals surface area contributed by atoms with Crippen LogP contribution in [0, 0.1) is 11.8 Å². The van der Waals surface area contributed by atoms with Crippen molar-refractivity contribution in [3.05, 3.63) is 33.8 Å². The molecule has 2 aliphatic rings. The molecule has 0 amide bonds. The number of benzene rings is 1. The monoisotopic (exact) mass is 311 g/mol. The molecule has 0 saturated heterocycles. The average Bonchev–Trinajstić information content (AvgIpc) is 3.10. The third-order valence-corrected chi connectivity index (χ3v) is 5.41. The lowest BCUT2D eigenvalue weighted by Crippen LogP contribution is -2.30. The molecule has 0 radical (unpaired) electrons. The molecule has 0 aromatic heterocycles. The summed E-state index contributed by atoms with van der Waals surface area (Å²) in [6.07, 6.45) is 9.33. The first-order valence-electron chi connectivity index (χ1n) is 7.89. The first-order chi connectivity index (χ1) is 9.72. The third kappa shape index (κ3) is 3.90. The average molecular weight is 312 g/mol. The summed E-state index contributed by atoms with van der Waals surface area (Å²) in [5.41, 5.74) is 1.22. The highest BCUT2D eigenvalue weighted by Crippen LogP contribution is 2.35. The molecule has 2 aliphatic carbocycles. The summed E-state index contributed by atoms with van der Waals surface area (Å²) >= 11 is 12.5. The summed E-state index contributed by atoms with van der Waals surface area (Å²) in [4.78, 5) is 0. The Labute approximate surface area is 132 Å². The van der Waals surface area contributed by atoms with Gasteiger partial charge < -0.3 is 5.32 Å². The molecule has 2 fully saturated rings. The maximum absolute atomic E-state index is 6.34. The zero-order chi connectivity index (χ0) is 13.9. The standard InChI is InChI=1S/C17H23Cl2N/c18-15-5-8-17(19)13(10-15)9-14(11-20-16-6-7-16)12-3-1-2-4-12/h5,8,10,12,14,16,20H,1-4,6-7,9,11H2. The van der Waals surface area contributed by atoms with Gasteiger partial charge in [-0.15, -0.1) is 0 Å². The zero-order valence-corrected chi connectivity index (χ0v) is 13.4. The molecule has 0 bridgehead atoms. The number of hydrogen-bond donors (Lipinski definition) is 1. The quantitative estimate of drug-likeness (QED) is 0.771. The molecule has 110 valence electrons. The van der Waals surface area contributed by atoms with Crippen LogP contribution in [0.3, 0.4) is 0 Å². The van der Waals surface area contributed by atoms with E-state index >= 15 is 0 Å². The molecule has 1 nitrogen and oxygen atoms in total. The molecular weight excluding hydrogens is 289 g/mol. The smallest absolute Gasteiger partial charge is 0.0439 e. The third-order valence-electron chi connectivity index (χ3n) is 4.80. The minimum absolute atomic E-state index is 0.703. The Hall–Kier alpha value is -0.240. The van der Waals surface area contributed by atoms with E-state index in [0.717, 1.165) is 35.0 Å². The number of hydrogen-bond acceptors (Lipinski definition) is 1. The highest BCUT2D eigenvalue weighted by atomic mass is 35.5. The highest BCUT2D eigenvalue weighted by Gasteiger charge is 2.28. The Morgan fingerprint density at radius 3 is 2.55 bits per heavy atom. The van der Waals surface area contributed by atoms with Gasteiger partial charge in [-0.3, -0.25) is 0 Å². The molecule has 0 spiro atoms. The second-order valence-electron chi connectivity index (χ2n) is 6.43. The largest absolute Gasteiger partial charge is 0.314 e. The number of nitrogens with one attached hydrogen (secondary N) is 1. The van der Waals surface area contributed by atoms with Gasteiger partial charge in [0.05, 0.1) is 0 Å². The van der Waals surface area contributed by atoms with Crippen molar-refractivity contribution in [2.24, 2.45) is 11.8 Å². The molecule has 3 rings (SSSR count). The Morgan fingerprint density at radius 2 is 1.85 bits per heavy atom. The number of halogens is 2. The zero-order valence-electron chi connectivity index (χ0n) is 11.9. The van der Waals surface area contributed by atoms with Crippen LogP contribution >= 0.6 is 23.2 Å². The summed E-state index contributed by atoms with van der Waals surface area (Å²) in [6.45, 7) is 1.14. The fourth-order valence-electron chi connectivity index (χ4n) is 3.42. The number of rotatable bonds is 6. The van der Waals surface area contributed by atoms with E-state index in [9.17, 15) is 0 Å². The predicted molar refractivity (Wildman–Crippen MR) is 86.6 cm³/mol. The Bertz CT molecular complexity index is 450. The molecule has 0 heterocycles. The van der Waals surface area contributed by atoms with Crippen LogP contribution in [-0.2, 0) is 6.42 Å². The molecule has 1 unspecified atom stereocenters. The van der Waals surface area contributed by atoms with E-state index < -0.39 is 0 Å². The van der Waals surface area contributed by atoms with Crippen molar-refractivity contribution in [2.45, 2.75) is 51.0 Å². The SMILES string of the molecule is Clc1ccc(Cl)c(CC(CNC2CC2)C2CCCC2)c1. The topological polar surface area (TPSA) is 12.0 Å². The fraction of sp³-hybridized carbons (Fsp3) is 0.647. The van der Waals surface area contributed by atoms with E-state index in [1.54, 1.807) is 0 Å². The van der Waals surface area contributed by atoms with Crippen molar-refractivity contribution in [3.8, 4) is 0 Å². The van der Waals surface area contributed by atoms with Gasteiger partial charge in [0.1, 0.15) is 0 Å². The van der Waals surface area contributed by atoms with Crippen LogP contribution in [0.5, 0.6) is 0 Å². The van der Waals surface area contributed by atoms with Gasteiger partial charge in [0.25, 0.3) is 0 Å². The minimum atomic E-state index is 0.703. The van der Waals surface area contributed by atoms with Gasteiger partial charge in [-0.05, 0) is 61.4 Å². The summed E-state index contributed by atoms with van der Waals surface area (Å²) < 4.78 is 0. The van der Waals surface area contributed by atoms with E-state index in [2.05, 4.69) is 5.32 Å². The van der Waals surface area contributed by atoms with Gasteiger partial charge in [0.15, 0.2) is 0 Å². The van der Waals surface area contributed by atoms with Crippen LogP contribution in [0.1, 0.15) is 44.1 Å². The van der Waals surface area contributed by atoms with Crippen molar-refractivity contribution in [3.63, 3.8) is 0 Å². The summed E-state index contributed by atoms with van der Waals surface area (Å²) in [5.74, 6) is 1.56. The Balaban J connectivity index is 1.68. The second-order valence-corrected chi connectivity index (χ2v) is 7.27. The summed E-state index contributed by atoms with van der Waals surface area (Å²) in [5, 5.41) is 5.37. The van der Waals surface area contributed by atoms with Gasteiger partial charge in [0, 0.05) is 16.1 Å². The molecule has 1 atom stereocenters. The van der Waals surface area contributed by atoms with Crippen molar-refractivity contribution in [1.82, 2.24) is 5.32 Å². The van der Waals surface area contributed by atoms with E-state index in [1.165, 1.54) is 44.1 Å². The molecule has 1 aromatic carbocycles. The van der Waals surface area contributed by atoms with Gasteiger partial charge in [0.2, 0.25) is 0 Å². The van der Waals surface area contributed by atoms with Crippen LogP contribution in [-0.4, -0.2) is 12.6 Å². The Kier molecular flexibility index (Phi) is 4.91. The van der Waals surface area contributed by atoms with Gasteiger partial charge in [-0.1, -0.05) is 48.9 Å². The normalized spacial score (nSPS) is 21.3. The maximum atomic E-state index is 6.34. The van der Waals surface area contributed by atoms with Gasteiger partial charge in [-0.2, -0.15) is 0 Å². The lowest BCUT2D eigenvalue weighted by atomic mass is 9.85. The van der Waals surface area contributed by atoms with E-state index in [-0.39, 0.29) is 0 Å². The van der Waals surface area contributed by atoms with Crippen LogP contribution in [0.25, 0.3) is 0 Å². The molecule has 2 saturated carbocycles. The van der Waals surface area contributed by atoms with Crippen molar-refractivity contribution in [1.29, 1.82) is 0 Å². The van der Waals surface area contributed by atoms with E-state index in [0.29, 0.717) is 5.92 Å². The molecular formula is C17H23Cl2N. The molecule has 3 heteroatoms. The summed E-state index contributed by atoms with van der Waals surface area (Å²) in [7, 11) is 0. The maximum Gasteiger partial charge on any atom is 0.0439 e. The van der Waals surface area contributed by atoms with Crippen molar-refractivity contribution in [2.75, 3.05) is 6.54 Å². The van der Waals surface area contributed by atoms with Gasteiger partial charge >= 0.3 is 0 Å². The van der Waals surface area contributed by atoms with Crippen LogP contribution in [0.15, 0.2) is 18.2 Å². The van der Waals surface area contributed by atoms with Crippen LogP contribution < -0.4 is 5.32 Å². The first kappa shape index (κ1) is 14.7. The highest BCUT2D eigenvalue weighted by molar-refractivity contribution is 6.33. The van der Waals surface area contributed by atoms with Gasteiger partial charge in [-0.25, -0.2) is 0 Å². The summed E-state index contributed by atoms with van der Waals surface area (Å²) in [6, 6.07) is 6.64. The minimum Gasteiger partial charge on any atom is -0.314 e. The van der Waals surface area contributed by atoms with E-state index in [1.807, 2.05) is 18.2 Å². The second kappa shape index (κ2) is 6.68. The van der Waals surface area contributed by atoms with Crippen molar-refractivity contribution < 1.29 is 0 Å². The first-order valence-corrected chi connectivity index (χ1v) is 8.65. The Morgan fingerprint density at radius 1 is 1.10 bits per heavy atom. The molecule has 0 aliphatic heterocycles. The fourth-order valence-corrected chi connectivity index (χ4v) is 3.81. The predicted octanol–water partition coefficient (Wildman–Crippen LogP) is 5.09.